The van der Waals surface area contributed by atoms with E-state index < -0.39 is 0 Å². The molecular formula is C24H29N3O2S. The standard InChI is InChI=1S/C24H29N3O2S/c1-16-9-11-27(12-10-16)14-19-7-8-20-22(13-19)30-24(25-20)26-23(28)15-29-21-6-4-5-17(2)18(21)3/h4-8,13,16H,9-12,14-15H2,1-3H3,(H,25,26,28). The van der Waals surface area contributed by atoms with Crippen molar-refractivity contribution in [2.24, 2.45) is 5.92 Å². The maximum atomic E-state index is 12.3. The van der Waals surface area contributed by atoms with Gasteiger partial charge in [0.25, 0.3) is 5.91 Å². The van der Waals surface area contributed by atoms with E-state index in [1.54, 1.807) is 0 Å². The Morgan fingerprint density at radius 1 is 1.23 bits per heavy atom. The summed E-state index contributed by atoms with van der Waals surface area (Å²) in [7, 11) is 0. The van der Waals surface area contributed by atoms with Crippen molar-refractivity contribution in [2.75, 3.05) is 25.0 Å². The van der Waals surface area contributed by atoms with Crippen LogP contribution < -0.4 is 10.1 Å². The van der Waals surface area contributed by atoms with E-state index in [2.05, 4.69) is 40.3 Å². The molecule has 2 heterocycles. The van der Waals surface area contributed by atoms with Gasteiger partial charge in [0.2, 0.25) is 0 Å². The molecule has 1 aromatic heterocycles. The van der Waals surface area contributed by atoms with Gasteiger partial charge in [-0.05, 0) is 80.6 Å². The number of carbonyl (C=O) groups is 1. The summed E-state index contributed by atoms with van der Waals surface area (Å²) in [5.41, 5.74) is 4.42. The molecular weight excluding hydrogens is 394 g/mol. The summed E-state index contributed by atoms with van der Waals surface area (Å²) in [6.07, 6.45) is 2.56. The zero-order valence-electron chi connectivity index (χ0n) is 17.9. The van der Waals surface area contributed by atoms with Crippen molar-refractivity contribution < 1.29 is 9.53 Å². The van der Waals surface area contributed by atoms with Gasteiger partial charge in [0.15, 0.2) is 11.7 Å². The lowest BCUT2D eigenvalue weighted by Gasteiger charge is -2.30. The predicted octanol–water partition coefficient (Wildman–Crippen LogP) is 5.16. The van der Waals surface area contributed by atoms with Gasteiger partial charge < -0.3 is 4.74 Å². The highest BCUT2D eigenvalue weighted by molar-refractivity contribution is 7.22. The molecule has 158 valence electrons. The number of hydrogen-bond acceptors (Lipinski definition) is 5. The fourth-order valence-corrected chi connectivity index (χ4v) is 4.72. The molecule has 30 heavy (non-hydrogen) atoms. The first-order valence-electron chi connectivity index (χ1n) is 10.6. The van der Waals surface area contributed by atoms with Crippen LogP contribution in [0.2, 0.25) is 0 Å². The minimum Gasteiger partial charge on any atom is -0.483 e. The molecule has 0 bridgehead atoms. The minimum absolute atomic E-state index is 0.0289. The molecule has 0 aliphatic carbocycles. The highest BCUT2D eigenvalue weighted by Gasteiger charge is 2.16. The first-order chi connectivity index (χ1) is 14.5. The van der Waals surface area contributed by atoms with Crippen LogP contribution >= 0.6 is 11.3 Å². The van der Waals surface area contributed by atoms with Crippen LogP contribution in [-0.2, 0) is 11.3 Å². The van der Waals surface area contributed by atoms with Gasteiger partial charge in [-0.25, -0.2) is 4.98 Å². The van der Waals surface area contributed by atoms with Crippen molar-refractivity contribution in [3.05, 3.63) is 53.1 Å². The molecule has 0 radical (unpaired) electrons. The smallest absolute Gasteiger partial charge is 0.264 e. The lowest BCUT2D eigenvalue weighted by molar-refractivity contribution is -0.118. The molecule has 0 spiro atoms. The predicted molar refractivity (Wildman–Crippen MR) is 123 cm³/mol. The number of anilines is 1. The second-order valence-corrected chi connectivity index (χ2v) is 9.35. The SMILES string of the molecule is Cc1cccc(OCC(=O)Nc2nc3ccc(CN4CCC(C)CC4)cc3s2)c1C. The highest BCUT2D eigenvalue weighted by Crippen LogP contribution is 2.28. The topological polar surface area (TPSA) is 54.5 Å². The number of thiazole rings is 1. The van der Waals surface area contributed by atoms with Crippen LogP contribution in [0.5, 0.6) is 5.75 Å². The van der Waals surface area contributed by atoms with E-state index in [1.807, 2.05) is 32.0 Å². The Kier molecular flexibility index (Phi) is 6.35. The Morgan fingerprint density at radius 2 is 2.03 bits per heavy atom. The first-order valence-corrected chi connectivity index (χ1v) is 11.4. The first kappa shape index (κ1) is 20.8. The summed E-state index contributed by atoms with van der Waals surface area (Å²) < 4.78 is 6.80. The summed E-state index contributed by atoms with van der Waals surface area (Å²) >= 11 is 1.51. The molecule has 2 aromatic carbocycles. The highest BCUT2D eigenvalue weighted by atomic mass is 32.1. The number of benzene rings is 2. The number of fused-ring (bicyclic) bond motifs is 1. The van der Waals surface area contributed by atoms with Gasteiger partial charge in [0.05, 0.1) is 10.2 Å². The molecule has 0 saturated carbocycles. The zero-order valence-corrected chi connectivity index (χ0v) is 18.7. The number of aromatic nitrogens is 1. The monoisotopic (exact) mass is 423 g/mol. The molecule has 1 aliphatic heterocycles. The molecule has 3 aromatic rings. The van der Waals surface area contributed by atoms with Gasteiger partial charge in [-0.15, -0.1) is 0 Å². The van der Waals surface area contributed by atoms with Crippen LogP contribution in [0.4, 0.5) is 5.13 Å². The third-order valence-electron chi connectivity index (χ3n) is 5.90. The Morgan fingerprint density at radius 3 is 2.83 bits per heavy atom. The van der Waals surface area contributed by atoms with E-state index in [9.17, 15) is 4.79 Å². The van der Waals surface area contributed by atoms with Gasteiger partial charge in [0.1, 0.15) is 5.75 Å². The van der Waals surface area contributed by atoms with Gasteiger partial charge >= 0.3 is 0 Å². The van der Waals surface area contributed by atoms with E-state index in [-0.39, 0.29) is 12.5 Å². The van der Waals surface area contributed by atoms with Gasteiger partial charge in [0, 0.05) is 6.54 Å². The maximum Gasteiger partial charge on any atom is 0.264 e. The Labute approximate surface area is 182 Å². The largest absolute Gasteiger partial charge is 0.483 e. The van der Waals surface area contributed by atoms with Crippen LogP contribution in [0.15, 0.2) is 36.4 Å². The lowest BCUT2D eigenvalue weighted by atomic mass is 9.99. The van der Waals surface area contributed by atoms with Gasteiger partial charge in [-0.3, -0.25) is 15.0 Å². The van der Waals surface area contributed by atoms with E-state index in [0.717, 1.165) is 39.6 Å². The van der Waals surface area contributed by atoms with Crippen LogP contribution in [0.25, 0.3) is 10.2 Å². The second kappa shape index (κ2) is 9.14. The Hall–Kier alpha value is -2.44. The van der Waals surface area contributed by atoms with Crippen molar-refractivity contribution in [1.29, 1.82) is 0 Å². The zero-order chi connectivity index (χ0) is 21.1. The number of rotatable bonds is 6. The summed E-state index contributed by atoms with van der Waals surface area (Å²) in [4.78, 5) is 19.4. The number of nitrogens with zero attached hydrogens (tertiary/aromatic N) is 2. The summed E-state index contributed by atoms with van der Waals surface area (Å²) in [6.45, 7) is 9.66. The maximum absolute atomic E-state index is 12.3. The molecule has 1 saturated heterocycles. The van der Waals surface area contributed by atoms with Crippen LogP contribution in [0, 0.1) is 19.8 Å². The average Bonchev–Trinajstić information content (AvgIpc) is 3.12. The van der Waals surface area contributed by atoms with Crippen molar-refractivity contribution >= 4 is 32.6 Å². The minimum atomic E-state index is -0.197. The lowest BCUT2D eigenvalue weighted by Crippen LogP contribution is -2.32. The van der Waals surface area contributed by atoms with Crippen LogP contribution in [0.3, 0.4) is 0 Å². The number of aryl methyl sites for hydroxylation is 1. The molecule has 4 rings (SSSR count). The average molecular weight is 424 g/mol. The molecule has 1 fully saturated rings. The van der Waals surface area contributed by atoms with Gasteiger partial charge in [-0.1, -0.05) is 36.5 Å². The van der Waals surface area contributed by atoms with Crippen LogP contribution in [0.1, 0.15) is 36.5 Å². The fraction of sp³-hybridized carbons (Fsp3) is 0.417. The normalized spacial score (nSPS) is 15.4. The summed E-state index contributed by atoms with van der Waals surface area (Å²) in [5.74, 6) is 1.39. The van der Waals surface area contributed by atoms with Gasteiger partial charge in [-0.2, -0.15) is 0 Å². The summed E-state index contributed by atoms with van der Waals surface area (Å²) in [5, 5.41) is 3.49. The van der Waals surface area contributed by atoms with E-state index >= 15 is 0 Å². The molecule has 5 nitrogen and oxygen atoms in total. The summed E-state index contributed by atoms with van der Waals surface area (Å²) in [6, 6.07) is 12.3. The fourth-order valence-electron chi connectivity index (χ4n) is 3.78. The Balaban J connectivity index is 1.36. The van der Waals surface area contributed by atoms with Crippen molar-refractivity contribution in [2.45, 2.75) is 40.2 Å². The third-order valence-corrected chi connectivity index (χ3v) is 6.83. The van der Waals surface area contributed by atoms with E-state index in [0.29, 0.717) is 5.13 Å². The number of amides is 1. The number of piperidine rings is 1. The third kappa shape index (κ3) is 4.99. The molecule has 6 heteroatoms. The Bertz CT molecular complexity index is 1040. The number of ether oxygens (including phenoxy) is 1. The number of nitrogens with one attached hydrogen (secondary N) is 1. The second-order valence-electron chi connectivity index (χ2n) is 8.31. The number of likely N-dealkylation sites (tertiary alicyclic amines) is 1. The van der Waals surface area contributed by atoms with Crippen molar-refractivity contribution in [3.63, 3.8) is 0 Å². The molecule has 0 unspecified atom stereocenters. The van der Waals surface area contributed by atoms with E-state index in [4.69, 9.17) is 4.74 Å². The van der Waals surface area contributed by atoms with Crippen molar-refractivity contribution in [1.82, 2.24) is 9.88 Å². The molecule has 0 atom stereocenters. The quantitative estimate of drug-likeness (QED) is 0.595. The molecule has 1 aliphatic rings. The molecule has 1 amide bonds. The van der Waals surface area contributed by atoms with Crippen LogP contribution in [-0.4, -0.2) is 35.5 Å². The number of hydrogen-bond donors (Lipinski definition) is 1. The molecule has 1 N–H and O–H groups in total. The van der Waals surface area contributed by atoms with Crippen molar-refractivity contribution in [3.8, 4) is 5.75 Å². The van der Waals surface area contributed by atoms with E-state index in [1.165, 1.54) is 42.8 Å². The number of carbonyl (C=O) groups excluding carboxylic acids is 1.